The molecule has 0 aromatic heterocycles. The molecule has 264 valence electrons. The minimum absolute atomic E-state index is 0.174. The Labute approximate surface area is 257 Å². The maximum atomic E-state index is 11.2. The van der Waals surface area contributed by atoms with Gasteiger partial charge < -0.3 is 95.2 Å². The summed E-state index contributed by atoms with van der Waals surface area (Å²) in [5.41, 5.74) is 0. The predicted octanol–water partition coefficient (Wildman–Crippen LogP) is -8.42. The van der Waals surface area contributed by atoms with Crippen molar-refractivity contribution in [3.8, 4) is 0 Å². The molecule has 2 saturated carbocycles. The topological polar surface area (TPSA) is 329 Å². The Morgan fingerprint density at radius 1 is 0.422 bits per heavy atom. The third-order valence-corrected chi connectivity index (χ3v) is 9.26. The lowest BCUT2D eigenvalue weighted by atomic mass is 9.79. The van der Waals surface area contributed by atoms with Crippen LogP contribution >= 0.6 is 0 Å². The largest absolute Gasteiger partial charge is 0.396 e. The van der Waals surface area contributed by atoms with E-state index in [1.165, 1.54) is 0 Å². The Kier molecular flexibility index (Phi) is 12.9. The van der Waals surface area contributed by atoms with E-state index in [0.717, 1.165) is 0 Å². The van der Waals surface area contributed by atoms with Crippen molar-refractivity contribution in [2.45, 2.75) is 123 Å². The van der Waals surface area contributed by atoms with Crippen LogP contribution in [0.25, 0.3) is 0 Å². The van der Waals surface area contributed by atoms with Gasteiger partial charge in [0.25, 0.3) is 0 Å². The van der Waals surface area contributed by atoms with Crippen molar-refractivity contribution in [2.24, 2.45) is 11.8 Å². The molecule has 0 aromatic carbocycles. The highest BCUT2D eigenvalue weighted by Gasteiger charge is 2.54. The molecule has 4 rings (SSSR count). The zero-order chi connectivity index (χ0) is 33.3. The van der Waals surface area contributed by atoms with Crippen molar-refractivity contribution in [3.05, 3.63) is 0 Å². The first-order valence-electron chi connectivity index (χ1n) is 14.8. The van der Waals surface area contributed by atoms with Crippen LogP contribution < -0.4 is 0 Å². The quantitative estimate of drug-likeness (QED) is 0.103. The molecule has 0 bridgehead atoms. The summed E-state index contributed by atoms with van der Waals surface area (Å²) in [6, 6.07) is 0. The second kappa shape index (κ2) is 15.6. The van der Waals surface area contributed by atoms with Crippen LogP contribution in [0.15, 0.2) is 0 Å². The summed E-state index contributed by atoms with van der Waals surface area (Å²) in [5, 5.41) is 144. The molecule has 0 amide bonds. The van der Waals surface area contributed by atoms with E-state index in [1.807, 2.05) is 0 Å². The first-order valence-corrected chi connectivity index (χ1v) is 14.8. The Bertz CT molecular complexity index is 913. The van der Waals surface area contributed by atoms with E-state index < -0.39 is 149 Å². The Hall–Kier alpha value is -0.760. The highest BCUT2D eigenvalue weighted by Crippen LogP contribution is 2.37. The van der Waals surface area contributed by atoms with Gasteiger partial charge in [0.15, 0.2) is 12.6 Å². The molecule has 45 heavy (non-hydrogen) atoms. The Morgan fingerprint density at radius 3 is 1.51 bits per heavy atom. The van der Waals surface area contributed by atoms with Crippen molar-refractivity contribution >= 4 is 0 Å². The standard InChI is InChI=1S/C26H46O19/c27-3-7-1-9(15(33)18(36)13(7)31)41-23-14(32)8(4-28)2-10(16(23)34)42-24-17(35)11(5-29)44-26(21(24)39)45-22-12(6-30)43-25(40)20(38)19(22)37/h7-40H,1-6H2/t7?,8?,9-,10-,11?,12?,13+,14+,15?,16?,17+,18+,19-,20?,21?,22-,23+,24+,25-,26+/m1/s1. The Morgan fingerprint density at radius 2 is 0.956 bits per heavy atom. The van der Waals surface area contributed by atoms with Gasteiger partial charge in [-0.15, -0.1) is 0 Å². The summed E-state index contributed by atoms with van der Waals surface area (Å²) < 4.78 is 27.8. The van der Waals surface area contributed by atoms with Gasteiger partial charge in [-0.25, -0.2) is 0 Å². The van der Waals surface area contributed by atoms with Crippen LogP contribution in [0.4, 0.5) is 0 Å². The smallest absolute Gasteiger partial charge is 0.187 e. The molecule has 19 heteroatoms. The maximum absolute atomic E-state index is 11.2. The minimum atomic E-state index is -1.92. The van der Waals surface area contributed by atoms with Crippen LogP contribution in [0.2, 0.25) is 0 Å². The van der Waals surface area contributed by atoms with Crippen LogP contribution in [0.5, 0.6) is 0 Å². The van der Waals surface area contributed by atoms with Gasteiger partial charge in [-0.1, -0.05) is 0 Å². The van der Waals surface area contributed by atoms with Gasteiger partial charge in [-0.3, -0.25) is 0 Å². The van der Waals surface area contributed by atoms with Gasteiger partial charge >= 0.3 is 0 Å². The lowest BCUT2D eigenvalue weighted by Gasteiger charge is -2.49. The van der Waals surface area contributed by atoms with E-state index in [9.17, 15) is 71.5 Å². The summed E-state index contributed by atoms with van der Waals surface area (Å²) in [4.78, 5) is 0. The molecular formula is C26H46O19. The number of ether oxygens (including phenoxy) is 5. The molecule has 0 aromatic rings. The van der Waals surface area contributed by atoms with Crippen molar-refractivity contribution < 1.29 is 95.2 Å². The van der Waals surface area contributed by atoms with E-state index in [0.29, 0.717) is 0 Å². The average molecular weight is 663 g/mol. The third kappa shape index (κ3) is 7.47. The number of rotatable bonds is 10. The third-order valence-electron chi connectivity index (χ3n) is 9.26. The molecule has 19 nitrogen and oxygen atoms in total. The van der Waals surface area contributed by atoms with Gasteiger partial charge in [-0.2, -0.15) is 0 Å². The van der Waals surface area contributed by atoms with Crippen LogP contribution in [-0.2, 0) is 23.7 Å². The molecule has 0 radical (unpaired) electrons. The summed E-state index contributed by atoms with van der Waals surface area (Å²) >= 11 is 0. The van der Waals surface area contributed by atoms with Crippen LogP contribution in [0.3, 0.4) is 0 Å². The minimum Gasteiger partial charge on any atom is -0.396 e. The average Bonchev–Trinajstić information content (AvgIpc) is 3.03. The maximum Gasteiger partial charge on any atom is 0.187 e. The molecule has 4 aliphatic rings. The second-order valence-electron chi connectivity index (χ2n) is 12.1. The van der Waals surface area contributed by atoms with E-state index in [2.05, 4.69) is 0 Å². The van der Waals surface area contributed by atoms with Gasteiger partial charge in [0.2, 0.25) is 0 Å². The zero-order valence-corrected chi connectivity index (χ0v) is 24.1. The van der Waals surface area contributed by atoms with Crippen LogP contribution in [0, 0.1) is 11.8 Å². The monoisotopic (exact) mass is 662 g/mol. The molecule has 4 fully saturated rings. The molecule has 8 unspecified atom stereocenters. The second-order valence-corrected chi connectivity index (χ2v) is 12.1. The SMILES string of the molecule is OCC1O[C@@H](O)C(O)[C@@H](O)[C@@H]1O[C@@H]1OC(CO)[C@H](O)[C@H](O[C@@H]2CC(CO)[C@H](O)[C@H](O[C@@H]3CC(CO)[C@H](O)[C@H](O)C3O)C2O)C1O. The normalized spacial score (nSPS) is 52.9. The first-order chi connectivity index (χ1) is 21.3. The molecule has 2 heterocycles. The van der Waals surface area contributed by atoms with E-state index in [1.54, 1.807) is 0 Å². The highest BCUT2D eigenvalue weighted by molar-refractivity contribution is 5.01. The van der Waals surface area contributed by atoms with E-state index >= 15 is 0 Å². The molecule has 14 N–H and O–H groups in total. The van der Waals surface area contributed by atoms with Gasteiger partial charge in [-0.05, 0) is 12.8 Å². The molecule has 2 aliphatic heterocycles. The number of aliphatic hydroxyl groups excluding tert-OH is 14. The fraction of sp³-hybridized carbons (Fsp3) is 1.00. The number of hydrogen-bond donors (Lipinski definition) is 14. The fourth-order valence-corrected chi connectivity index (χ4v) is 6.46. The molecule has 0 spiro atoms. The van der Waals surface area contributed by atoms with Crippen LogP contribution in [-0.4, -0.2) is 208 Å². The molecule has 20 atom stereocenters. The molecule has 2 saturated heterocycles. The van der Waals surface area contributed by atoms with Gasteiger partial charge in [0.05, 0.1) is 37.6 Å². The zero-order valence-electron chi connectivity index (χ0n) is 24.1. The lowest BCUT2D eigenvalue weighted by molar-refractivity contribution is -0.363. The Balaban J connectivity index is 1.53. The van der Waals surface area contributed by atoms with Crippen molar-refractivity contribution in [2.75, 3.05) is 26.4 Å². The summed E-state index contributed by atoms with van der Waals surface area (Å²) in [6.45, 7) is -2.84. The number of aliphatic hydroxyl groups is 14. The van der Waals surface area contributed by atoms with E-state index in [-0.39, 0.29) is 12.8 Å². The molecular weight excluding hydrogens is 616 g/mol. The van der Waals surface area contributed by atoms with Crippen molar-refractivity contribution in [3.63, 3.8) is 0 Å². The summed E-state index contributed by atoms with van der Waals surface area (Å²) in [5.74, 6) is -1.91. The van der Waals surface area contributed by atoms with Gasteiger partial charge in [0.1, 0.15) is 73.2 Å². The predicted molar refractivity (Wildman–Crippen MR) is 140 cm³/mol. The fourth-order valence-electron chi connectivity index (χ4n) is 6.46. The van der Waals surface area contributed by atoms with Gasteiger partial charge in [0, 0.05) is 25.0 Å². The van der Waals surface area contributed by atoms with Crippen molar-refractivity contribution in [1.29, 1.82) is 0 Å². The summed E-state index contributed by atoms with van der Waals surface area (Å²) in [7, 11) is 0. The first kappa shape index (κ1) is 37.1. The molecule has 2 aliphatic carbocycles. The van der Waals surface area contributed by atoms with Crippen molar-refractivity contribution in [1.82, 2.24) is 0 Å². The number of hydrogen-bond acceptors (Lipinski definition) is 19. The van der Waals surface area contributed by atoms with Crippen LogP contribution in [0.1, 0.15) is 12.8 Å². The highest BCUT2D eigenvalue weighted by atomic mass is 16.7. The summed E-state index contributed by atoms with van der Waals surface area (Å²) in [6.07, 6.45) is -30.1. The van der Waals surface area contributed by atoms with E-state index in [4.69, 9.17) is 23.7 Å². The lowest BCUT2D eigenvalue weighted by Crippen LogP contribution is -2.66.